The van der Waals surface area contributed by atoms with E-state index < -0.39 is 5.91 Å². The molecule has 1 aromatic heterocycles. The van der Waals surface area contributed by atoms with E-state index >= 15 is 0 Å². The van der Waals surface area contributed by atoms with E-state index in [9.17, 15) is 4.79 Å². The van der Waals surface area contributed by atoms with Crippen molar-refractivity contribution in [2.45, 2.75) is 0 Å². The molecule has 3 aromatic rings. The number of aromatic nitrogens is 2. The second kappa shape index (κ2) is 7.83. The molecule has 6 nitrogen and oxygen atoms in total. The van der Waals surface area contributed by atoms with Crippen molar-refractivity contribution in [3.63, 3.8) is 0 Å². The minimum absolute atomic E-state index is 0.144. The van der Waals surface area contributed by atoms with E-state index in [0.29, 0.717) is 32.8 Å². The molecule has 26 heavy (non-hydrogen) atoms. The Morgan fingerprint density at radius 3 is 2.23 bits per heavy atom. The molecule has 0 saturated carbocycles. The highest BCUT2D eigenvalue weighted by Gasteiger charge is 2.10. The van der Waals surface area contributed by atoms with Crippen LogP contribution in [-0.2, 0) is 0 Å². The Hall–Kier alpha value is -3.14. The van der Waals surface area contributed by atoms with Crippen LogP contribution in [0.15, 0.2) is 54.6 Å². The van der Waals surface area contributed by atoms with Crippen LogP contribution in [0.2, 0.25) is 10.0 Å². The smallest absolute Gasteiger partial charge is 0.276 e. The summed E-state index contributed by atoms with van der Waals surface area (Å²) < 4.78 is 0. The lowest BCUT2D eigenvalue weighted by Crippen LogP contribution is -2.14. The average Bonchev–Trinajstić information content (AvgIpc) is 2.66. The zero-order chi connectivity index (χ0) is 18.5. The number of benzene rings is 2. The molecule has 0 aliphatic rings. The number of halogens is 2. The first kappa shape index (κ1) is 17.7. The summed E-state index contributed by atoms with van der Waals surface area (Å²) in [7, 11) is 0. The molecule has 0 unspecified atom stereocenters. The van der Waals surface area contributed by atoms with E-state index in [0.717, 1.165) is 0 Å². The Kier molecular flexibility index (Phi) is 5.32. The molecule has 0 bridgehead atoms. The number of hydrogen-bond acceptors (Lipinski definition) is 5. The van der Waals surface area contributed by atoms with Crippen LogP contribution in [0.5, 0.6) is 0 Å². The normalized spacial score (nSPS) is 10.0. The number of hydrogen-bond donors (Lipinski definition) is 2. The Morgan fingerprint density at radius 2 is 1.65 bits per heavy atom. The van der Waals surface area contributed by atoms with Gasteiger partial charge in [0.05, 0.1) is 27.4 Å². The lowest BCUT2D eigenvalue weighted by Gasteiger charge is -2.09. The molecule has 1 amide bonds. The molecule has 0 saturated heterocycles. The fourth-order valence-electron chi connectivity index (χ4n) is 2.09. The molecule has 0 spiro atoms. The highest BCUT2D eigenvalue weighted by atomic mass is 35.5. The molecular formula is C18H11Cl2N5O. The second-order valence-corrected chi connectivity index (χ2v) is 5.98. The van der Waals surface area contributed by atoms with Crippen molar-refractivity contribution < 1.29 is 4.79 Å². The molecule has 0 atom stereocenters. The molecule has 8 heteroatoms. The Bertz CT molecular complexity index is 962. The van der Waals surface area contributed by atoms with Crippen molar-refractivity contribution in [3.8, 4) is 6.07 Å². The number of anilines is 3. The van der Waals surface area contributed by atoms with E-state index in [1.54, 1.807) is 48.5 Å². The fraction of sp³-hybridized carbons (Fsp3) is 0. The Morgan fingerprint density at radius 1 is 0.962 bits per heavy atom. The van der Waals surface area contributed by atoms with Crippen LogP contribution in [0.3, 0.4) is 0 Å². The van der Waals surface area contributed by atoms with Crippen LogP contribution < -0.4 is 10.6 Å². The van der Waals surface area contributed by atoms with Crippen LogP contribution in [0, 0.1) is 11.3 Å². The molecule has 0 aliphatic carbocycles. The first-order valence-electron chi connectivity index (χ1n) is 7.43. The van der Waals surface area contributed by atoms with Crippen molar-refractivity contribution in [3.05, 3.63) is 75.9 Å². The van der Waals surface area contributed by atoms with Crippen LogP contribution in [0.1, 0.15) is 16.1 Å². The zero-order valence-corrected chi connectivity index (χ0v) is 14.7. The van der Waals surface area contributed by atoms with Crippen molar-refractivity contribution in [1.29, 1.82) is 5.26 Å². The maximum atomic E-state index is 12.2. The van der Waals surface area contributed by atoms with Crippen molar-refractivity contribution in [2.75, 3.05) is 10.6 Å². The van der Waals surface area contributed by atoms with E-state index in [4.69, 9.17) is 28.5 Å². The van der Waals surface area contributed by atoms with Gasteiger partial charge in [0.2, 0.25) is 0 Å². The van der Waals surface area contributed by atoms with Gasteiger partial charge in [0.1, 0.15) is 0 Å². The van der Waals surface area contributed by atoms with Gasteiger partial charge >= 0.3 is 0 Å². The van der Waals surface area contributed by atoms with Crippen LogP contribution >= 0.6 is 23.2 Å². The lowest BCUT2D eigenvalue weighted by atomic mass is 10.2. The number of nitrogens with zero attached hydrogens (tertiary/aromatic N) is 3. The Labute approximate surface area is 159 Å². The van der Waals surface area contributed by atoms with Gasteiger partial charge in [-0.05, 0) is 48.5 Å². The number of amides is 1. The molecule has 0 aliphatic heterocycles. The summed E-state index contributed by atoms with van der Waals surface area (Å²) in [4.78, 5) is 12.2. The monoisotopic (exact) mass is 383 g/mol. The number of nitrogens with one attached hydrogen (secondary N) is 2. The maximum absolute atomic E-state index is 12.2. The first-order valence-corrected chi connectivity index (χ1v) is 8.18. The van der Waals surface area contributed by atoms with Gasteiger partial charge in [-0.15, -0.1) is 10.2 Å². The minimum atomic E-state index is -0.412. The average molecular weight is 384 g/mol. The molecule has 0 radical (unpaired) electrons. The van der Waals surface area contributed by atoms with Crippen molar-refractivity contribution >= 4 is 46.3 Å². The van der Waals surface area contributed by atoms with E-state index in [-0.39, 0.29) is 5.69 Å². The molecule has 3 rings (SSSR count). The van der Waals surface area contributed by atoms with Crippen molar-refractivity contribution in [1.82, 2.24) is 10.2 Å². The predicted octanol–water partition coefficient (Wildman–Crippen LogP) is 4.65. The zero-order valence-electron chi connectivity index (χ0n) is 13.2. The molecule has 128 valence electrons. The minimum Gasteiger partial charge on any atom is -0.336 e. The standard InChI is InChI=1S/C18H11Cl2N5O/c19-13-2-1-3-14(20)17(13)23-16-9-8-15(24-25-16)18(26)22-12-6-4-11(10-21)5-7-12/h1-9H,(H,22,26)(H,23,25). The van der Waals surface area contributed by atoms with Gasteiger partial charge in [-0.25, -0.2) is 0 Å². The number of para-hydroxylation sites is 1. The van der Waals surface area contributed by atoms with Gasteiger partial charge in [-0.1, -0.05) is 29.3 Å². The SMILES string of the molecule is N#Cc1ccc(NC(=O)c2ccc(Nc3c(Cl)cccc3Cl)nn2)cc1. The van der Waals surface area contributed by atoms with Gasteiger partial charge in [-0.2, -0.15) is 5.26 Å². The third-order valence-corrected chi connectivity index (χ3v) is 4.01. The van der Waals surface area contributed by atoms with Crippen molar-refractivity contribution in [2.24, 2.45) is 0 Å². The highest BCUT2D eigenvalue weighted by molar-refractivity contribution is 6.39. The second-order valence-electron chi connectivity index (χ2n) is 5.17. The summed E-state index contributed by atoms with van der Waals surface area (Å²) in [6, 6.07) is 16.8. The summed E-state index contributed by atoms with van der Waals surface area (Å²) in [5.41, 5.74) is 1.72. The maximum Gasteiger partial charge on any atom is 0.276 e. The molecular weight excluding hydrogens is 373 g/mol. The topological polar surface area (TPSA) is 90.7 Å². The van der Waals surface area contributed by atoms with E-state index in [1.807, 2.05) is 6.07 Å². The van der Waals surface area contributed by atoms with Gasteiger partial charge < -0.3 is 10.6 Å². The summed E-state index contributed by atoms with van der Waals surface area (Å²) in [5.74, 6) is -0.0144. The van der Waals surface area contributed by atoms with Gasteiger partial charge in [-0.3, -0.25) is 4.79 Å². The molecule has 2 aromatic carbocycles. The van der Waals surface area contributed by atoms with Crippen LogP contribution in [-0.4, -0.2) is 16.1 Å². The van der Waals surface area contributed by atoms with Crippen LogP contribution in [0.25, 0.3) is 0 Å². The predicted molar refractivity (Wildman–Crippen MR) is 101 cm³/mol. The number of carbonyl (C=O) groups is 1. The Balaban J connectivity index is 1.70. The third-order valence-electron chi connectivity index (χ3n) is 3.38. The van der Waals surface area contributed by atoms with Crippen LogP contribution in [0.4, 0.5) is 17.2 Å². The third kappa shape index (κ3) is 4.09. The number of nitriles is 1. The van der Waals surface area contributed by atoms with Gasteiger partial charge in [0.25, 0.3) is 5.91 Å². The number of rotatable bonds is 4. The largest absolute Gasteiger partial charge is 0.336 e. The first-order chi connectivity index (χ1) is 12.6. The fourth-order valence-corrected chi connectivity index (χ4v) is 2.58. The van der Waals surface area contributed by atoms with Gasteiger partial charge in [0.15, 0.2) is 11.5 Å². The number of carbonyl (C=O) groups excluding carboxylic acids is 1. The molecule has 2 N–H and O–H groups in total. The summed E-state index contributed by atoms with van der Waals surface area (Å²) in [5, 5.41) is 23.2. The molecule has 0 fully saturated rings. The lowest BCUT2D eigenvalue weighted by molar-refractivity contribution is 0.102. The van der Waals surface area contributed by atoms with Gasteiger partial charge in [0, 0.05) is 5.69 Å². The summed E-state index contributed by atoms with van der Waals surface area (Å²) in [6.07, 6.45) is 0. The summed E-state index contributed by atoms with van der Waals surface area (Å²) >= 11 is 12.2. The quantitative estimate of drug-likeness (QED) is 0.683. The summed E-state index contributed by atoms with van der Waals surface area (Å²) in [6.45, 7) is 0. The highest BCUT2D eigenvalue weighted by Crippen LogP contribution is 2.31. The van der Waals surface area contributed by atoms with E-state index in [2.05, 4.69) is 20.8 Å². The van der Waals surface area contributed by atoms with E-state index in [1.165, 1.54) is 6.07 Å². The molecule has 1 heterocycles.